The zero-order chi connectivity index (χ0) is 13.8. The average Bonchev–Trinajstić information content (AvgIpc) is 2.41. The van der Waals surface area contributed by atoms with Gasteiger partial charge in [-0.15, -0.1) is 0 Å². The Hall–Kier alpha value is -1.55. The summed E-state index contributed by atoms with van der Waals surface area (Å²) in [6.07, 6.45) is 4.96. The summed E-state index contributed by atoms with van der Waals surface area (Å²) in [6.45, 7) is 4.16. The third-order valence-electron chi connectivity index (χ3n) is 3.99. The van der Waals surface area contributed by atoms with Crippen LogP contribution in [0.3, 0.4) is 0 Å². The summed E-state index contributed by atoms with van der Waals surface area (Å²) >= 11 is 0. The third kappa shape index (κ3) is 3.26. The van der Waals surface area contributed by atoms with Gasteiger partial charge < -0.3 is 10.8 Å². The maximum Gasteiger partial charge on any atom is 0.335 e. The molecule has 1 aromatic carbocycles. The molecule has 1 saturated heterocycles. The molecule has 1 aromatic rings. The van der Waals surface area contributed by atoms with Gasteiger partial charge >= 0.3 is 5.97 Å². The van der Waals surface area contributed by atoms with E-state index in [2.05, 4.69) is 11.8 Å². The molecule has 0 aliphatic carbocycles. The lowest BCUT2D eigenvalue weighted by Crippen LogP contribution is -2.38. The molecule has 0 amide bonds. The Morgan fingerprint density at radius 3 is 2.89 bits per heavy atom. The standard InChI is InChI=1S/C15H22N2O2/c1-2-13-5-3-4-8-17(13)10-12-7-6-11(15(18)19)9-14(12)16/h6-7,9,13H,2-5,8,10,16H2,1H3,(H,18,19). The van der Waals surface area contributed by atoms with Crippen molar-refractivity contribution in [3.63, 3.8) is 0 Å². The van der Waals surface area contributed by atoms with E-state index < -0.39 is 5.97 Å². The minimum absolute atomic E-state index is 0.256. The van der Waals surface area contributed by atoms with Crippen LogP contribution in [0.1, 0.15) is 48.5 Å². The first kappa shape index (κ1) is 13.9. The molecule has 104 valence electrons. The van der Waals surface area contributed by atoms with Gasteiger partial charge in [-0.3, -0.25) is 4.90 Å². The second-order valence-corrected chi connectivity index (χ2v) is 5.25. The fraction of sp³-hybridized carbons (Fsp3) is 0.533. The number of nitrogens with zero attached hydrogens (tertiary/aromatic N) is 1. The van der Waals surface area contributed by atoms with Crippen molar-refractivity contribution in [3.8, 4) is 0 Å². The second kappa shape index (κ2) is 6.06. The monoisotopic (exact) mass is 262 g/mol. The van der Waals surface area contributed by atoms with E-state index in [1.54, 1.807) is 12.1 Å². The summed E-state index contributed by atoms with van der Waals surface area (Å²) < 4.78 is 0. The Labute approximate surface area is 114 Å². The van der Waals surface area contributed by atoms with E-state index in [0.717, 1.165) is 25.1 Å². The largest absolute Gasteiger partial charge is 0.478 e. The molecule has 1 heterocycles. The zero-order valence-electron chi connectivity index (χ0n) is 11.4. The van der Waals surface area contributed by atoms with E-state index in [1.165, 1.54) is 19.3 Å². The Morgan fingerprint density at radius 2 is 2.26 bits per heavy atom. The van der Waals surface area contributed by atoms with Crippen LogP contribution >= 0.6 is 0 Å². The highest BCUT2D eigenvalue weighted by Crippen LogP contribution is 2.24. The first-order valence-corrected chi connectivity index (χ1v) is 6.97. The molecule has 1 aliphatic heterocycles. The molecular formula is C15H22N2O2. The maximum atomic E-state index is 10.9. The molecule has 1 fully saturated rings. The van der Waals surface area contributed by atoms with Gasteiger partial charge in [0.25, 0.3) is 0 Å². The van der Waals surface area contributed by atoms with Crippen molar-refractivity contribution >= 4 is 11.7 Å². The lowest BCUT2D eigenvalue weighted by atomic mass is 9.98. The number of piperidine rings is 1. The van der Waals surface area contributed by atoms with Crippen molar-refractivity contribution in [2.75, 3.05) is 12.3 Å². The van der Waals surface area contributed by atoms with Gasteiger partial charge in [-0.1, -0.05) is 19.4 Å². The molecule has 4 nitrogen and oxygen atoms in total. The van der Waals surface area contributed by atoms with Crippen molar-refractivity contribution in [1.29, 1.82) is 0 Å². The van der Waals surface area contributed by atoms with E-state index in [0.29, 0.717) is 11.7 Å². The van der Waals surface area contributed by atoms with E-state index in [1.807, 2.05) is 6.07 Å². The minimum atomic E-state index is -0.928. The number of nitrogens with two attached hydrogens (primary N) is 1. The van der Waals surface area contributed by atoms with Crippen molar-refractivity contribution in [2.45, 2.75) is 45.2 Å². The van der Waals surface area contributed by atoms with Crippen LogP contribution in [-0.2, 0) is 6.54 Å². The summed E-state index contributed by atoms with van der Waals surface area (Å²) in [7, 11) is 0. The zero-order valence-corrected chi connectivity index (χ0v) is 11.4. The van der Waals surface area contributed by atoms with Crippen LogP contribution in [0.4, 0.5) is 5.69 Å². The smallest absolute Gasteiger partial charge is 0.335 e. The van der Waals surface area contributed by atoms with Crippen LogP contribution < -0.4 is 5.73 Å². The average molecular weight is 262 g/mol. The predicted octanol–water partition coefficient (Wildman–Crippen LogP) is 2.73. The number of nitrogen functional groups attached to an aromatic ring is 1. The van der Waals surface area contributed by atoms with Crippen LogP contribution in [0.5, 0.6) is 0 Å². The lowest BCUT2D eigenvalue weighted by molar-refractivity contribution is 0.0697. The van der Waals surface area contributed by atoms with Gasteiger partial charge in [0.15, 0.2) is 0 Å². The van der Waals surface area contributed by atoms with Crippen molar-refractivity contribution in [3.05, 3.63) is 29.3 Å². The number of likely N-dealkylation sites (tertiary alicyclic amines) is 1. The van der Waals surface area contributed by atoms with Crippen LogP contribution in [0.15, 0.2) is 18.2 Å². The van der Waals surface area contributed by atoms with Crippen molar-refractivity contribution in [1.82, 2.24) is 4.90 Å². The molecule has 2 rings (SSSR count). The lowest BCUT2D eigenvalue weighted by Gasteiger charge is -2.35. The second-order valence-electron chi connectivity index (χ2n) is 5.25. The third-order valence-corrected chi connectivity index (χ3v) is 3.99. The quantitative estimate of drug-likeness (QED) is 0.819. The van der Waals surface area contributed by atoms with Crippen LogP contribution in [0.25, 0.3) is 0 Å². The summed E-state index contributed by atoms with van der Waals surface area (Å²) in [5, 5.41) is 8.94. The molecule has 1 atom stereocenters. The number of anilines is 1. The molecule has 4 heteroatoms. The van der Waals surface area contributed by atoms with E-state index in [-0.39, 0.29) is 5.56 Å². The first-order valence-electron chi connectivity index (χ1n) is 6.97. The van der Waals surface area contributed by atoms with Crippen LogP contribution in [-0.4, -0.2) is 28.6 Å². The van der Waals surface area contributed by atoms with Gasteiger partial charge in [0.2, 0.25) is 0 Å². The molecular weight excluding hydrogens is 240 g/mol. The number of benzene rings is 1. The molecule has 0 bridgehead atoms. The van der Waals surface area contributed by atoms with E-state index >= 15 is 0 Å². The number of aromatic carboxylic acids is 1. The predicted molar refractivity (Wildman–Crippen MR) is 76.2 cm³/mol. The topological polar surface area (TPSA) is 66.6 Å². The van der Waals surface area contributed by atoms with E-state index in [9.17, 15) is 4.79 Å². The summed E-state index contributed by atoms with van der Waals surface area (Å²) in [6, 6.07) is 5.68. The van der Waals surface area contributed by atoms with E-state index in [4.69, 9.17) is 10.8 Å². The Bertz CT molecular complexity index is 459. The molecule has 0 radical (unpaired) electrons. The highest BCUT2D eigenvalue weighted by Gasteiger charge is 2.21. The molecule has 0 saturated carbocycles. The van der Waals surface area contributed by atoms with Gasteiger partial charge in [-0.05, 0) is 43.5 Å². The van der Waals surface area contributed by atoms with Crippen LogP contribution in [0, 0.1) is 0 Å². The summed E-state index contributed by atoms with van der Waals surface area (Å²) in [5.41, 5.74) is 7.85. The van der Waals surface area contributed by atoms with Gasteiger partial charge in [-0.2, -0.15) is 0 Å². The van der Waals surface area contributed by atoms with Gasteiger partial charge in [0, 0.05) is 18.3 Å². The van der Waals surface area contributed by atoms with Crippen molar-refractivity contribution in [2.24, 2.45) is 0 Å². The van der Waals surface area contributed by atoms with Gasteiger partial charge in [0.1, 0.15) is 0 Å². The Balaban J connectivity index is 2.11. The Kier molecular flexibility index (Phi) is 4.43. The molecule has 3 N–H and O–H groups in total. The summed E-state index contributed by atoms with van der Waals surface area (Å²) in [4.78, 5) is 13.4. The fourth-order valence-corrected chi connectivity index (χ4v) is 2.82. The number of carbonyl (C=O) groups is 1. The number of hydrogen-bond acceptors (Lipinski definition) is 3. The SMILES string of the molecule is CCC1CCCCN1Cc1ccc(C(=O)O)cc1N. The number of carboxylic acids is 1. The highest BCUT2D eigenvalue weighted by molar-refractivity contribution is 5.88. The highest BCUT2D eigenvalue weighted by atomic mass is 16.4. The summed E-state index contributed by atoms with van der Waals surface area (Å²) in [5.74, 6) is -0.928. The molecule has 19 heavy (non-hydrogen) atoms. The number of carboxylic acid groups (broad SMARTS) is 1. The number of rotatable bonds is 4. The Morgan fingerprint density at radius 1 is 1.47 bits per heavy atom. The minimum Gasteiger partial charge on any atom is -0.478 e. The van der Waals surface area contributed by atoms with Gasteiger partial charge in [-0.25, -0.2) is 4.79 Å². The normalized spacial score (nSPS) is 20.4. The molecule has 1 unspecified atom stereocenters. The van der Waals surface area contributed by atoms with Gasteiger partial charge in [0.05, 0.1) is 5.56 Å². The first-order chi connectivity index (χ1) is 9.11. The fourth-order valence-electron chi connectivity index (χ4n) is 2.82. The molecule has 0 spiro atoms. The number of hydrogen-bond donors (Lipinski definition) is 2. The molecule has 0 aromatic heterocycles. The van der Waals surface area contributed by atoms with Crippen LogP contribution in [0.2, 0.25) is 0 Å². The maximum absolute atomic E-state index is 10.9. The molecule has 1 aliphatic rings. The van der Waals surface area contributed by atoms with Crippen molar-refractivity contribution < 1.29 is 9.90 Å².